The monoisotopic (exact) mass is 394 g/mol. The van der Waals surface area contributed by atoms with Gasteiger partial charge in [0.25, 0.3) is 0 Å². The molecule has 1 aliphatic heterocycles. The van der Waals surface area contributed by atoms with Crippen molar-refractivity contribution in [2.24, 2.45) is 0 Å². The maximum atomic E-state index is 13.6. The lowest BCUT2D eigenvalue weighted by atomic mass is 10.2. The van der Waals surface area contributed by atoms with Crippen molar-refractivity contribution in [1.82, 2.24) is 0 Å². The van der Waals surface area contributed by atoms with Gasteiger partial charge in [-0.25, -0.2) is 12.8 Å². The average molecular weight is 394 g/mol. The second kappa shape index (κ2) is 7.83. The van der Waals surface area contributed by atoms with Crippen LogP contribution in [0.15, 0.2) is 42.5 Å². The van der Waals surface area contributed by atoms with Gasteiger partial charge in [-0.05, 0) is 30.7 Å². The second-order valence-corrected chi connectivity index (χ2v) is 7.91. The number of ether oxygens (including phenoxy) is 2. The van der Waals surface area contributed by atoms with Crippen molar-refractivity contribution < 1.29 is 27.1 Å². The van der Waals surface area contributed by atoms with E-state index in [-0.39, 0.29) is 37.8 Å². The van der Waals surface area contributed by atoms with Crippen LogP contribution in [0.3, 0.4) is 0 Å². The number of hydrogen-bond donors (Lipinski definition) is 1. The normalized spacial score (nSPS) is 12.7. The van der Waals surface area contributed by atoms with E-state index in [9.17, 15) is 17.6 Å². The van der Waals surface area contributed by atoms with Gasteiger partial charge in [0.05, 0.1) is 17.6 Å². The molecular weight excluding hydrogens is 375 g/mol. The number of amides is 1. The molecule has 0 fully saturated rings. The van der Waals surface area contributed by atoms with Crippen molar-refractivity contribution in [3.05, 3.63) is 48.3 Å². The summed E-state index contributed by atoms with van der Waals surface area (Å²) in [7, 11) is -3.55. The predicted molar refractivity (Wildman–Crippen MR) is 99.0 cm³/mol. The summed E-state index contributed by atoms with van der Waals surface area (Å²) in [6.07, 6.45) is 1.41. The van der Waals surface area contributed by atoms with Crippen LogP contribution in [-0.2, 0) is 14.8 Å². The van der Waals surface area contributed by atoms with Gasteiger partial charge in [0.2, 0.25) is 22.7 Å². The van der Waals surface area contributed by atoms with E-state index in [1.165, 1.54) is 22.5 Å². The molecule has 3 rings (SSSR count). The van der Waals surface area contributed by atoms with E-state index in [2.05, 4.69) is 5.32 Å². The van der Waals surface area contributed by atoms with E-state index >= 15 is 0 Å². The highest BCUT2D eigenvalue weighted by Gasteiger charge is 2.21. The van der Waals surface area contributed by atoms with E-state index in [4.69, 9.17) is 9.47 Å². The summed E-state index contributed by atoms with van der Waals surface area (Å²) in [5.41, 5.74) is 0.523. The molecule has 0 spiro atoms. The van der Waals surface area contributed by atoms with Crippen LogP contribution in [0.1, 0.15) is 12.8 Å². The van der Waals surface area contributed by atoms with Crippen molar-refractivity contribution >= 4 is 27.3 Å². The Hall–Kier alpha value is -2.81. The lowest BCUT2D eigenvalue weighted by molar-refractivity contribution is -0.116. The molecule has 2 aromatic rings. The van der Waals surface area contributed by atoms with Gasteiger partial charge in [0.1, 0.15) is 5.82 Å². The predicted octanol–water partition coefficient (Wildman–Crippen LogP) is 2.74. The lowest BCUT2D eigenvalue weighted by Crippen LogP contribution is -2.31. The number of rotatable bonds is 7. The van der Waals surface area contributed by atoms with Crippen molar-refractivity contribution in [3.63, 3.8) is 0 Å². The zero-order chi connectivity index (χ0) is 19.4. The van der Waals surface area contributed by atoms with Gasteiger partial charge >= 0.3 is 0 Å². The fraction of sp³-hybridized carbons (Fsp3) is 0.278. The number of carbonyl (C=O) groups is 1. The quantitative estimate of drug-likeness (QED) is 0.781. The van der Waals surface area contributed by atoms with Crippen LogP contribution < -0.4 is 19.1 Å². The number of halogens is 1. The van der Waals surface area contributed by atoms with Crippen molar-refractivity contribution in [3.8, 4) is 11.5 Å². The van der Waals surface area contributed by atoms with Crippen LogP contribution in [0, 0.1) is 5.82 Å². The Morgan fingerprint density at radius 3 is 2.67 bits per heavy atom. The highest BCUT2D eigenvalue weighted by Crippen LogP contribution is 2.36. The molecule has 1 heterocycles. The zero-order valence-electron chi connectivity index (χ0n) is 14.6. The Balaban J connectivity index is 1.63. The Kier molecular flexibility index (Phi) is 5.50. The van der Waals surface area contributed by atoms with Gasteiger partial charge in [0.15, 0.2) is 11.5 Å². The first-order valence-corrected chi connectivity index (χ1v) is 10.1. The Bertz CT molecular complexity index is 949. The average Bonchev–Trinajstić information content (AvgIpc) is 3.07. The van der Waals surface area contributed by atoms with Crippen molar-refractivity contribution in [2.75, 3.05) is 29.2 Å². The van der Waals surface area contributed by atoms with E-state index in [0.29, 0.717) is 17.2 Å². The standard InChI is InChI=1S/C18H19FN2O5S/c1-27(23,24)21(13-8-9-16-17(11-13)26-12-25-16)10-4-7-18(22)20-15-6-3-2-5-14(15)19/h2-3,5-6,8-9,11H,4,7,10,12H2,1H3,(H,20,22). The van der Waals surface area contributed by atoms with Crippen LogP contribution in [0.2, 0.25) is 0 Å². The van der Waals surface area contributed by atoms with E-state index in [1.807, 2.05) is 0 Å². The highest BCUT2D eigenvalue weighted by molar-refractivity contribution is 7.92. The fourth-order valence-corrected chi connectivity index (χ4v) is 3.64. The highest BCUT2D eigenvalue weighted by atomic mass is 32.2. The molecule has 7 nitrogen and oxygen atoms in total. The summed E-state index contributed by atoms with van der Waals surface area (Å²) in [5.74, 6) is 0.109. The largest absolute Gasteiger partial charge is 0.454 e. The van der Waals surface area contributed by atoms with Gasteiger partial charge in [-0.15, -0.1) is 0 Å². The first kappa shape index (κ1) is 19.0. The van der Waals surface area contributed by atoms with Crippen molar-refractivity contribution in [2.45, 2.75) is 12.8 Å². The molecule has 0 unspecified atom stereocenters. The summed E-state index contributed by atoms with van der Waals surface area (Å²) in [6, 6.07) is 10.7. The zero-order valence-corrected chi connectivity index (χ0v) is 15.5. The smallest absolute Gasteiger partial charge is 0.232 e. The molecule has 0 aromatic heterocycles. The number of anilines is 2. The summed E-state index contributed by atoms with van der Waals surface area (Å²) in [5, 5.41) is 2.48. The molecule has 1 aliphatic rings. The van der Waals surface area contributed by atoms with Gasteiger partial charge < -0.3 is 14.8 Å². The first-order valence-electron chi connectivity index (χ1n) is 8.26. The molecule has 1 amide bonds. The van der Waals surface area contributed by atoms with Crippen LogP contribution in [-0.4, -0.2) is 33.9 Å². The third-order valence-corrected chi connectivity index (χ3v) is 5.15. The van der Waals surface area contributed by atoms with Gasteiger partial charge in [-0.3, -0.25) is 9.10 Å². The molecule has 0 saturated carbocycles. The fourth-order valence-electron chi connectivity index (χ4n) is 2.69. The third-order valence-electron chi connectivity index (χ3n) is 3.96. The number of nitrogens with one attached hydrogen (secondary N) is 1. The first-order chi connectivity index (χ1) is 12.8. The van der Waals surface area contributed by atoms with Crippen molar-refractivity contribution in [1.29, 1.82) is 0 Å². The van der Waals surface area contributed by atoms with E-state index in [1.54, 1.807) is 24.3 Å². The molecule has 0 bridgehead atoms. The van der Waals surface area contributed by atoms with Gasteiger partial charge in [-0.2, -0.15) is 0 Å². The minimum absolute atomic E-state index is 0.0465. The number of carbonyl (C=O) groups excluding carboxylic acids is 1. The maximum absolute atomic E-state index is 13.6. The molecule has 2 aromatic carbocycles. The number of benzene rings is 2. The lowest BCUT2D eigenvalue weighted by Gasteiger charge is -2.22. The summed E-state index contributed by atoms with van der Waals surface area (Å²) in [6.45, 7) is 0.192. The second-order valence-electron chi connectivity index (χ2n) is 6.00. The Morgan fingerprint density at radius 2 is 1.93 bits per heavy atom. The molecule has 0 aliphatic carbocycles. The minimum Gasteiger partial charge on any atom is -0.454 e. The molecule has 144 valence electrons. The summed E-state index contributed by atoms with van der Waals surface area (Å²) >= 11 is 0. The SMILES string of the molecule is CS(=O)(=O)N(CCCC(=O)Nc1ccccc1F)c1ccc2c(c1)OCO2. The molecule has 27 heavy (non-hydrogen) atoms. The van der Waals surface area contributed by atoms with Gasteiger partial charge in [-0.1, -0.05) is 12.1 Å². The minimum atomic E-state index is -3.55. The van der Waals surface area contributed by atoms with E-state index < -0.39 is 15.8 Å². The summed E-state index contributed by atoms with van der Waals surface area (Å²) < 4.78 is 49.6. The molecule has 0 radical (unpaired) electrons. The van der Waals surface area contributed by atoms with Crippen LogP contribution in [0.4, 0.5) is 15.8 Å². The molecule has 9 heteroatoms. The number of hydrogen-bond acceptors (Lipinski definition) is 5. The number of fused-ring (bicyclic) bond motifs is 1. The maximum Gasteiger partial charge on any atom is 0.232 e. The topological polar surface area (TPSA) is 84.9 Å². The van der Waals surface area contributed by atoms with Crippen LogP contribution in [0.25, 0.3) is 0 Å². The van der Waals surface area contributed by atoms with Crippen LogP contribution in [0.5, 0.6) is 11.5 Å². The van der Waals surface area contributed by atoms with Crippen LogP contribution >= 0.6 is 0 Å². The molecule has 1 N–H and O–H groups in total. The summed E-state index contributed by atoms with van der Waals surface area (Å²) in [4.78, 5) is 12.0. The number of nitrogens with zero attached hydrogens (tertiary/aromatic N) is 1. The third kappa shape index (κ3) is 4.68. The molecular formula is C18H19FN2O5S. The number of para-hydroxylation sites is 1. The Morgan fingerprint density at radius 1 is 1.19 bits per heavy atom. The Labute approximate surface area is 156 Å². The van der Waals surface area contributed by atoms with Gasteiger partial charge in [0, 0.05) is 19.0 Å². The van der Waals surface area contributed by atoms with E-state index in [0.717, 1.165) is 6.26 Å². The molecule has 0 atom stereocenters. The number of sulfonamides is 1. The molecule has 0 saturated heterocycles.